The molecule has 0 spiro atoms. The summed E-state index contributed by atoms with van der Waals surface area (Å²) in [6, 6.07) is 9.15. The highest BCUT2D eigenvalue weighted by molar-refractivity contribution is 6.13. The van der Waals surface area contributed by atoms with E-state index in [4.69, 9.17) is 9.15 Å². The molecule has 0 saturated carbocycles. The maximum Gasteiger partial charge on any atom is 0.256 e. The topological polar surface area (TPSA) is 82.2 Å². The minimum atomic E-state index is -0.454. The standard InChI is InChI=1S/C21H19FN4O3/c1-12(2)26-20-15(11-23-26)14(10-17(24-20)18-5-4-8-29-18)21(27)25-16-7-6-13(22)9-19(16)28-3/h4-12H,1-3H3,(H,25,27). The van der Waals surface area contributed by atoms with Crippen LogP contribution in [0.25, 0.3) is 22.5 Å². The number of nitrogens with zero attached hydrogens (tertiary/aromatic N) is 3. The molecule has 1 N–H and O–H groups in total. The Kier molecular flexibility index (Phi) is 4.75. The minimum absolute atomic E-state index is 0.0555. The van der Waals surface area contributed by atoms with Gasteiger partial charge in [-0.15, -0.1) is 0 Å². The Morgan fingerprint density at radius 2 is 2.10 bits per heavy atom. The lowest BCUT2D eigenvalue weighted by Gasteiger charge is -2.12. The Morgan fingerprint density at radius 3 is 2.79 bits per heavy atom. The molecule has 3 aromatic heterocycles. The van der Waals surface area contributed by atoms with Crippen molar-refractivity contribution < 1.29 is 18.3 Å². The van der Waals surface area contributed by atoms with Crippen LogP contribution in [-0.4, -0.2) is 27.8 Å². The monoisotopic (exact) mass is 394 g/mol. The highest BCUT2D eigenvalue weighted by Gasteiger charge is 2.20. The number of carbonyl (C=O) groups is 1. The molecule has 1 aromatic carbocycles. The molecule has 4 rings (SSSR count). The number of nitrogens with one attached hydrogen (secondary N) is 1. The van der Waals surface area contributed by atoms with Crippen LogP contribution in [0.3, 0.4) is 0 Å². The van der Waals surface area contributed by atoms with Gasteiger partial charge in [0.1, 0.15) is 17.3 Å². The van der Waals surface area contributed by atoms with E-state index in [0.29, 0.717) is 33.7 Å². The average molecular weight is 394 g/mol. The summed E-state index contributed by atoms with van der Waals surface area (Å²) in [5.41, 5.74) is 1.82. The van der Waals surface area contributed by atoms with Crippen molar-refractivity contribution in [2.75, 3.05) is 12.4 Å². The zero-order valence-corrected chi connectivity index (χ0v) is 16.1. The van der Waals surface area contributed by atoms with Crippen molar-refractivity contribution in [1.29, 1.82) is 0 Å². The smallest absolute Gasteiger partial charge is 0.256 e. The van der Waals surface area contributed by atoms with Gasteiger partial charge in [-0.2, -0.15) is 5.10 Å². The van der Waals surface area contributed by atoms with Gasteiger partial charge in [0.15, 0.2) is 11.4 Å². The lowest BCUT2D eigenvalue weighted by Crippen LogP contribution is -2.14. The summed E-state index contributed by atoms with van der Waals surface area (Å²) in [5.74, 6) is -0.0764. The van der Waals surface area contributed by atoms with Crippen LogP contribution in [0.2, 0.25) is 0 Å². The molecule has 4 aromatic rings. The van der Waals surface area contributed by atoms with Crippen molar-refractivity contribution in [3.63, 3.8) is 0 Å². The summed E-state index contributed by atoms with van der Waals surface area (Å²) >= 11 is 0. The number of ether oxygens (including phenoxy) is 1. The second-order valence-corrected chi connectivity index (χ2v) is 6.75. The number of fused-ring (bicyclic) bond motifs is 1. The quantitative estimate of drug-likeness (QED) is 0.532. The molecule has 0 aliphatic heterocycles. The number of carbonyl (C=O) groups excluding carboxylic acids is 1. The molecule has 0 saturated heterocycles. The van der Waals surface area contributed by atoms with Crippen molar-refractivity contribution in [2.24, 2.45) is 0 Å². The fourth-order valence-electron chi connectivity index (χ4n) is 3.09. The molecular weight excluding hydrogens is 375 g/mol. The summed E-state index contributed by atoms with van der Waals surface area (Å²) < 4.78 is 25.8. The molecule has 0 radical (unpaired) electrons. The SMILES string of the molecule is COc1cc(F)ccc1NC(=O)c1cc(-c2ccco2)nc2c1cnn2C(C)C. The predicted octanol–water partition coefficient (Wildman–Crippen LogP) is 4.67. The van der Waals surface area contributed by atoms with Crippen LogP contribution in [0.4, 0.5) is 10.1 Å². The van der Waals surface area contributed by atoms with Gasteiger partial charge in [0.25, 0.3) is 5.91 Å². The van der Waals surface area contributed by atoms with Crippen molar-refractivity contribution in [1.82, 2.24) is 14.8 Å². The molecule has 1 amide bonds. The number of amides is 1. The molecule has 0 fully saturated rings. The minimum Gasteiger partial charge on any atom is -0.494 e. The molecule has 0 aliphatic carbocycles. The number of anilines is 1. The molecule has 3 heterocycles. The normalized spacial score (nSPS) is 11.2. The molecule has 0 unspecified atom stereocenters. The van der Waals surface area contributed by atoms with Crippen LogP contribution in [0, 0.1) is 5.82 Å². The summed E-state index contributed by atoms with van der Waals surface area (Å²) in [5, 5.41) is 7.77. The number of aromatic nitrogens is 3. The van der Waals surface area contributed by atoms with E-state index in [2.05, 4.69) is 15.4 Å². The number of methoxy groups -OCH3 is 1. The zero-order chi connectivity index (χ0) is 20.5. The van der Waals surface area contributed by atoms with Gasteiger partial charge in [-0.25, -0.2) is 14.1 Å². The Bertz CT molecular complexity index is 1180. The van der Waals surface area contributed by atoms with Gasteiger partial charge in [-0.3, -0.25) is 4.79 Å². The van der Waals surface area contributed by atoms with E-state index in [9.17, 15) is 9.18 Å². The number of furan rings is 1. The molecule has 0 aliphatic rings. The van der Waals surface area contributed by atoms with Gasteiger partial charge in [-0.05, 0) is 44.2 Å². The molecule has 8 heteroatoms. The third kappa shape index (κ3) is 3.44. The number of benzene rings is 1. The largest absolute Gasteiger partial charge is 0.494 e. The van der Waals surface area contributed by atoms with Gasteiger partial charge in [0.05, 0.1) is 36.2 Å². The van der Waals surface area contributed by atoms with E-state index in [0.717, 1.165) is 0 Å². The van der Waals surface area contributed by atoms with Crippen molar-refractivity contribution >= 4 is 22.6 Å². The average Bonchev–Trinajstić information content (AvgIpc) is 3.38. The third-order valence-corrected chi connectivity index (χ3v) is 4.49. The van der Waals surface area contributed by atoms with Crippen molar-refractivity contribution in [3.05, 3.63) is 60.2 Å². The highest BCUT2D eigenvalue weighted by Crippen LogP contribution is 2.29. The molecule has 7 nitrogen and oxygen atoms in total. The Morgan fingerprint density at radius 1 is 1.28 bits per heavy atom. The van der Waals surface area contributed by atoms with Gasteiger partial charge >= 0.3 is 0 Å². The molecule has 29 heavy (non-hydrogen) atoms. The van der Waals surface area contributed by atoms with E-state index >= 15 is 0 Å². The van der Waals surface area contributed by atoms with E-state index in [1.165, 1.54) is 25.3 Å². The van der Waals surface area contributed by atoms with Gasteiger partial charge in [0, 0.05) is 12.1 Å². The number of pyridine rings is 1. The fourth-order valence-corrected chi connectivity index (χ4v) is 3.09. The maximum atomic E-state index is 13.5. The van der Waals surface area contributed by atoms with Crippen LogP contribution in [0.5, 0.6) is 5.75 Å². The molecule has 0 bridgehead atoms. The highest BCUT2D eigenvalue weighted by atomic mass is 19.1. The number of hydrogen-bond acceptors (Lipinski definition) is 5. The first-order valence-electron chi connectivity index (χ1n) is 9.05. The van der Waals surface area contributed by atoms with E-state index in [1.54, 1.807) is 35.3 Å². The van der Waals surface area contributed by atoms with Crippen LogP contribution in [0.1, 0.15) is 30.2 Å². The van der Waals surface area contributed by atoms with Gasteiger partial charge in [0.2, 0.25) is 0 Å². The number of hydrogen-bond donors (Lipinski definition) is 1. The maximum absolute atomic E-state index is 13.5. The lowest BCUT2D eigenvalue weighted by molar-refractivity contribution is 0.102. The summed E-state index contributed by atoms with van der Waals surface area (Å²) in [4.78, 5) is 17.8. The summed E-state index contributed by atoms with van der Waals surface area (Å²) in [7, 11) is 1.41. The van der Waals surface area contributed by atoms with Gasteiger partial charge in [-0.1, -0.05) is 0 Å². The summed E-state index contributed by atoms with van der Waals surface area (Å²) in [6.45, 7) is 3.97. The number of halogens is 1. The molecule has 0 atom stereocenters. The fraction of sp³-hybridized carbons (Fsp3) is 0.190. The van der Waals surface area contributed by atoms with Crippen LogP contribution < -0.4 is 10.1 Å². The zero-order valence-electron chi connectivity index (χ0n) is 16.1. The van der Waals surface area contributed by atoms with E-state index in [-0.39, 0.29) is 11.8 Å². The third-order valence-electron chi connectivity index (χ3n) is 4.49. The van der Waals surface area contributed by atoms with Crippen molar-refractivity contribution in [2.45, 2.75) is 19.9 Å². The first-order valence-corrected chi connectivity index (χ1v) is 9.05. The van der Waals surface area contributed by atoms with Gasteiger partial charge < -0.3 is 14.5 Å². The lowest BCUT2D eigenvalue weighted by atomic mass is 10.1. The predicted molar refractivity (Wildman–Crippen MR) is 107 cm³/mol. The second-order valence-electron chi connectivity index (χ2n) is 6.75. The Labute approximate surface area is 166 Å². The van der Waals surface area contributed by atoms with Crippen LogP contribution >= 0.6 is 0 Å². The van der Waals surface area contributed by atoms with Crippen LogP contribution in [-0.2, 0) is 0 Å². The van der Waals surface area contributed by atoms with Crippen molar-refractivity contribution in [3.8, 4) is 17.2 Å². The molecular formula is C21H19FN4O3. The first-order chi connectivity index (χ1) is 14.0. The first kappa shape index (κ1) is 18.7. The second kappa shape index (κ2) is 7.38. The van der Waals surface area contributed by atoms with E-state index in [1.807, 2.05) is 13.8 Å². The summed E-state index contributed by atoms with van der Waals surface area (Å²) in [6.07, 6.45) is 3.16. The number of rotatable bonds is 5. The Balaban J connectivity index is 1.83. The molecule has 148 valence electrons. The van der Waals surface area contributed by atoms with E-state index < -0.39 is 11.7 Å². The van der Waals surface area contributed by atoms with Crippen LogP contribution in [0.15, 0.2) is 53.3 Å². The Hall–Kier alpha value is -3.68.